The van der Waals surface area contributed by atoms with Crippen molar-refractivity contribution in [3.63, 3.8) is 0 Å². The van der Waals surface area contributed by atoms with E-state index >= 15 is 0 Å². The summed E-state index contributed by atoms with van der Waals surface area (Å²) >= 11 is 0. The summed E-state index contributed by atoms with van der Waals surface area (Å²) in [6, 6.07) is 0. The average Bonchev–Trinajstić information content (AvgIpc) is 2.11. The molecule has 2 bridgehead atoms. The Labute approximate surface area is 66.8 Å². The Morgan fingerprint density at radius 1 is 1.45 bits per heavy atom. The monoisotopic (exact) mass is 145 g/mol. The van der Waals surface area contributed by atoms with Gasteiger partial charge in [0.15, 0.2) is 0 Å². The molecule has 1 nitrogen and oxygen atoms in total. The van der Waals surface area contributed by atoms with E-state index in [-0.39, 0.29) is 0 Å². The zero-order valence-electron chi connectivity index (χ0n) is 6.62. The van der Waals surface area contributed by atoms with E-state index < -0.39 is 0 Å². The van der Waals surface area contributed by atoms with E-state index in [1.807, 2.05) is 6.08 Å². The molecular formula is C10H11N. The van der Waals surface area contributed by atoms with Crippen LogP contribution in [0.5, 0.6) is 0 Å². The van der Waals surface area contributed by atoms with E-state index in [2.05, 4.69) is 36.2 Å². The molecule has 1 heterocycles. The highest BCUT2D eigenvalue weighted by Crippen LogP contribution is 2.21. The lowest BCUT2D eigenvalue weighted by Crippen LogP contribution is -2.05. The number of aliphatic imine (C=N–C) groups is 1. The number of hydrogen-bond acceptors (Lipinski definition) is 1. The Balaban J connectivity index is 2.38. The van der Waals surface area contributed by atoms with Crippen LogP contribution in [0.25, 0.3) is 0 Å². The first kappa shape index (κ1) is 6.59. The molecule has 11 heavy (non-hydrogen) atoms. The fourth-order valence-corrected chi connectivity index (χ4v) is 1.50. The molecule has 0 aromatic heterocycles. The highest BCUT2D eigenvalue weighted by molar-refractivity contribution is 5.85. The van der Waals surface area contributed by atoms with Crippen LogP contribution in [-0.4, -0.2) is 5.71 Å². The molecule has 2 rings (SSSR count). The molecule has 0 radical (unpaired) electrons. The van der Waals surface area contributed by atoms with Gasteiger partial charge in [-0.3, -0.25) is 4.99 Å². The van der Waals surface area contributed by atoms with Crippen molar-refractivity contribution >= 4 is 5.71 Å². The zero-order chi connectivity index (χ0) is 7.68. The minimum atomic E-state index is 0.581. The Kier molecular flexibility index (Phi) is 1.50. The Morgan fingerprint density at radius 3 is 3.27 bits per heavy atom. The predicted octanol–water partition coefficient (Wildman–Crippen LogP) is 2.48. The van der Waals surface area contributed by atoms with Crippen LogP contribution in [0.4, 0.5) is 0 Å². The van der Waals surface area contributed by atoms with Crippen molar-refractivity contribution in [3.8, 4) is 0 Å². The smallest absolute Gasteiger partial charge is 0.0595 e. The van der Waals surface area contributed by atoms with Crippen molar-refractivity contribution in [1.82, 2.24) is 0 Å². The predicted molar refractivity (Wildman–Crippen MR) is 47.6 cm³/mol. The van der Waals surface area contributed by atoms with Gasteiger partial charge in [0.2, 0.25) is 0 Å². The van der Waals surface area contributed by atoms with Gasteiger partial charge in [-0.2, -0.15) is 0 Å². The van der Waals surface area contributed by atoms with Gasteiger partial charge in [-0.1, -0.05) is 24.3 Å². The molecule has 1 aliphatic carbocycles. The Morgan fingerprint density at radius 2 is 2.36 bits per heavy atom. The molecule has 0 aromatic rings. The minimum Gasteiger partial charge on any atom is -0.258 e. The van der Waals surface area contributed by atoms with Crippen LogP contribution in [0, 0.1) is 5.92 Å². The minimum absolute atomic E-state index is 0.581. The third-order valence-electron chi connectivity index (χ3n) is 1.97. The molecule has 0 saturated heterocycles. The molecule has 0 amide bonds. The second-order valence-electron chi connectivity index (χ2n) is 3.05. The highest BCUT2D eigenvalue weighted by atomic mass is 14.8. The van der Waals surface area contributed by atoms with E-state index in [1.165, 1.54) is 5.71 Å². The van der Waals surface area contributed by atoms with Crippen LogP contribution in [0.2, 0.25) is 0 Å². The molecule has 0 saturated carbocycles. The van der Waals surface area contributed by atoms with Gasteiger partial charge in [-0.15, -0.1) is 0 Å². The van der Waals surface area contributed by atoms with Crippen molar-refractivity contribution in [2.45, 2.75) is 13.3 Å². The van der Waals surface area contributed by atoms with E-state index in [4.69, 9.17) is 0 Å². The van der Waals surface area contributed by atoms with Gasteiger partial charge in [0.1, 0.15) is 0 Å². The molecule has 2 aliphatic rings. The van der Waals surface area contributed by atoms with Gasteiger partial charge < -0.3 is 0 Å². The van der Waals surface area contributed by atoms with Gasteiger partial charge in [-0.25, -0.2) is 0 Å². The molecule has 1 atom stereocenters. The summed E-state index contributed by atoms with van der Waals surface area (Å²) in [5.74, 6) is 0.581. The molecule has 0 aromatic carbocycles. The van der Waals surface area contributed by atoms with Crippen molar-refractivity contribution in [1.29, 1.82) is 0 Å². The van der Waals surface area contributed by atoms with E-state index in [9.17, 15) is 0 Å². The largest absolute Gasteiger partial charge is 0.258 e. The van der Waals surface area contributed by atoms with Gasteiger partial charge in [-0.05, 0) is 19.4 Å². The summed E-state index contributed by atoms with van der Waals surface area (Å²) < 4.78 is 0. The van der Waals surface area contributed by atoms with Crippen molar-refractivity contribution in [2.24, 2.45) is 10.9 Å². The summed E-state index contributed by atoms with van der Waals surface area (Å²) in [6.45, 7) is 2.09. The van der Waals surface area contributed by atoms with Crippen molar-refractivity contribution in [3.05, 3.63) is 36.1 Å². The fourth-order valence-electron chi connectivity index (χ4n) is 1.50. The molecule has 0 fully saturated rings. The maximum atomic E-state index is 4.41. The lowest BCUT2D eigenvalue weighted by Gasteiger charge is -2.12. The summed E-state index contributed by atoms with van der Waals surface area (Å²) in [6.07, 6.45) is 11.7. The number of allylic oxidation sites excluding steroid dienone is 5. The van der Waals surface area contributed by atoms with Crippen LogP contribution in [0.15, 0.2) is 41.1 Å². The summed E-state index contributed by atoms with van der Waals surface area (Å²) in [7, 11) is 0. The van der Waals surface area contributed by atoms with Gasteiger partial charge in [0.25, 0.3) is 0 Å². The standard InChI is InChI=1S/C10H11N/c1-8-6-9-4-2-3-5-10(7-9)11-8/h2-5,7,9H,6H2,1H3. The van der Waals surface area contributed by atoms with E-state index in [1.54, 1.807) is 0 Å². The second-order valence-corrected chi connectivity index (χ2v) is 3.05. The van der Waals surface area contributed by atoms with E-state index in [0.717, 1.165) is 12.1 Å². The number of fused-ring (bicyclic) bond motifs is 1. The maximum Gasteiger partial charge on any atom is 0.0595 e. The first-order valence-corrected chi connectivity index (χ1v) is 3.95. The van der Waals surface area contributed by atoms with Gasteiger partial charge in [0.05, 0.1) is 5.70 Å². The first-order chi connectivity index (χ1) is 5.34. The zero-order valence-corrected chi connectivity index (χ0v) is 6.62. The Bertz CT molecular complexity index is 279. The first-order valence-electron chi connectivity index (χ1n) is 3.95. The normalized spacial score (nSPS) is 27.5. The number of nitrogens with zero attached hydrogens (tertiary/aromatic N) is 1. The van der Waals surface area contributed by atoms with Crippen molar-refractivity contribution < 1.29 is 0 Å². The molecule has 1 unspecified atom stereocenters. The lowest BCUT2D eigenvalue weighted by molar-refractivity contribution is 0.833. The molecular weight excluding hydrogens is 134 g/mol. The fraction of sp³-hybridized carbons (Fsp3) is 0.300. The van der Waals surface area contributed by atoms with Crippen LogP contribution < -0.4 is 0 Å². The maximum absolute atomic E-state index is 4.41. The van der Waals surface area contributed by atoms with Crippen LogP contribution in [-0.2, 0) is 0 Å². The summed E-state index contributed by atoms with van der Waals surface area (Å²) in [5.41, 5.74) is 2.35. The average molecular weight is 145 g/mol. The van der Waals surface area contributed by atoms with Gasteiger partial charge in [0, 0.05) is 11.6 Å². The second kappa shape index (κ2) is 2.50. The number of hydrogen-bond donors (Lipinski definition) is 0. The lowest BCUT2D eigenvalue weighted by atomic mass is 9.99. The number of rotatable bonds is 0. The topological polar surface area (TPSA) is 12.4 Å². The third-order valence-corrected chi connectivity index (χ3v) is 1.97. The molecule has 0 N–H and O–H groups in total. The molecule has 56 valence electrons. The van der Waals surface area contributed by atoms with Gasteiger partial charge >= 0.3 is 0 Å². The van der Waals surface area contributed by atoms with Crippen molar-refractivity contribution in [2.75, 3.05) is 0 Å². The van der Waals surface area contributed by atoms with E-state index in [0.29, 0.717) is 5.92 Å². The molecule has 0 spiro atoms. The Hall–Kier alpha value is -1.11. The van der Waals surface area contributed by atoms with Crippen LogP contribution in [0.1, 0.15) is 13.3 Å². The van der Waals surface area contributed by atoms with Crippen LogP contribution in [0.3, 0.4) is 0 Å². The quantitative estimate of drug-likeness (QED) is 0.496. The molecule has 1 aliphatic heterocycles. The summed E-state index contributed by atoms with van der Waals surface area (Å²) in [5, 5.41) is 0. The van der Waals surface area contributed by atoms with Crippen LogP contribution >= 0.6 is 0 Å². The third kappa shape index (κ3) is 1.32. The SMILES string of the molecule is CC1=NC2=CC(C=CC=C2)C1. The molecule has 1 heteroatoms. The summed E-state index contributed by atoms with van der Waals surface area (Å²) in [4.78, 5) is 4.41. The highest BCUT2D eigenvalue weighted by Gasteiger charge is 2.10.